The molecule has 1 amide bonds. The third kappa shape index (κ3) is 5.62. The lowest BCUT2D eigenvalue weighted by Crippen LogP contribution is -2.34. The SMILES string of the molecule is CC1CCN(c2nc3ccccc3nc2SCC(=O)NCc2ccc(Cl)cc2Cl)CC1. The molecule has 0 radical (unpaired) electrons. The summed E-state index contributed by atoms with van der Waals surface area (Å²) in [5.41, 5.74) is 2.55. The molecule has 4 rings (SSSR count). The molecule has 0 aliphatic carbocycles. The van der Waals surface area contributed by atoms with E-state index in [1.165, 1.54) is 11.8 Å². The molecule has 162 valence electrons. The van der Waals surface area contributed by atoms with E-state index in [2.05, 4.69) is 17.1 Å². The van der Waals surface area contributed by atoms with E-state index < -0.39 is 0 Å². The normalized spacial score (nSPS) is 14.7. The Bertz CT molecular complexity index is 1090. The second kappa shape index (κ2) is 10.1. The molecule has 0 spiro atoms. The fourth-order valence-corrected chi connectivity index (χ4v) is 4.85. The quantitative estimate of drug-likeness (QED) is 0.472. The summed E-state index contributed by atoms with van der Waals surface area (Å²) in [6.07, 6.45) is 2.28. The maximum atomic E-state index is 12.5. The molecule has 1 fully saturated rings. The van der Waals surface area contributed by atoms with Gasteiger partial charge in [0, 0.05) is 29.7 Å². The Balaban J connectivity index is 1.46. The first-order valence-corrected chi connectivity index (χ1v) is 12.1. The van der Waals surface area contributed by atoms with Gasteiger partial charge in [0.05, 0.1) is 16.8 Å². The number of nitrogens with one attached hydrogen (secondary N) is 1. The van der Waals surface area contributed by atoms with E-state index in [9.17, 15) is 4.79 Å². The fraction of sp³-hybridized carbons (Fsp3) is 0.348. The molecule has 5 nitrogen and oxygen atoms in total. The second-order valence-electron chi connectivity index (χ2n) is 7.81. The van der Waals surface area contributed by atoms with Gasteiger partial charge in [-0.25, -0.2) is 9.97 Å². The van der Waals surface area contributed by atoms with E-state index in [1.54, 1.807) is 12.1 Å². The second-order valence-corrected chi connectivity index (χ2v) is 9.62. The molecule has 0 unspecified atom stereocenters. The fourth-order valence-electron chi connectivity index (χ4n) is 3.54. The lowest BCUT2D eigenvalue weighted by Gasteiger charge is -2.32. The van der Waals surface area contributed by atoms with E-state index >= 15 is 0 Å². The summed E-state index contributed by atoms with van der Waals surface area (Å²) in [7, 11) is 0. The molecular formula is C23H24Cl2N4OS. The summed E-state index contributed by atoms with van der Waals surface area (Å²) in [4.78, 5) is 24.5. The lowest BCUT2D eigenvalue weighted by molar-refractivity contribution is -0.118. The van der Waals surface area contributed by atoms with Crippen LogP contribution < -0.4 is 10.2 Å². The molecule has 1 saturated heterocycles. The summed E-state index contributed by atoms with van der Waals surface area (Å²) in [6.45, 7) is 4.57. The molecule has 1 aromatic heterocycles. The molecule has 1 aliphatic rings. The van der Waals surface area contributed by atoms with E-state index in [-0.39, 0.29) is 11.7 Å². The monoisotopic (exact) mass is 474 g/mol. The number of rotatable bonds is 6. The number of para-hydroxylation sites is 2. The first-order chi connectivity index (χ1) is 15.0. The van der Waals surface area contributed by atoms with Crippen molar-refractivity contribution in [3.63, 3.8) is 0 Å². The maximum absolute atomic E-state index is 12.5. The number of hydrogen-bond acceptors (Lipinski definition) is 5. The number of benzene rings is 2. The Morgan fingerprint density at radius 1 is 1.13 bits per heavy atom. The predicted molar refractivity (Wildman–Crippen MR) is 129 cm³/mol. The highest BCUT2D eigenvalue weighted by molar-refractivity contribution is 8.00. The highest BCUT2D eigenvalue weighted by Gasteiger charge is 2.22. The number of anilines is 1. The molecule has 2 aromatic carbocycles. The summed E-state index contributed by atoms with van der Waals surface area (Å²) in [6, 6.07) is 13.1. The zero-order valence-electron chi connectivity index (χ0n) is 17.3. The number of carbonyl (C=O) groups excluding carboxylic acids is 1. The largest absolute Gasteiger partial charge is 0.354 e. The molecule has 1 aliphatic heterocycles. The van der Waals surface area contributed by atoms with Crippen molar-refractivity contribution < 1.29 is 4.79 Å². The number of hydrogen-bond donors (Lipinski definition) is 1. The van der Waals surface area contributed by atoms with Crippen molar-refractivity contribution in [2.45, 2.75) is 31.3 Å². The van der Waals surface area contributed by atoms with Gasteiger partial charge in [-0.2, -0.15) is 0 Å². The van der Waals surface area contributed by atoms with Gasteiger partial charge < -0.3 is 10.2 Å². The maximum Gasteiger partial charge on any atom is 0.230 e. The van der Waals surface area contributed by atoms with Gasteiger partial charge in [0.15, 0.2) is 5.82 Å². The Labute approximate surface area is 196 Å². The van der Waals surface area contributed by atoms with Crippen LogP contribution in [-0.4, -0.2) is 34.7 Å². The van der Waals surface area contributed by atoms with Crippen LogP contribution in [-0.2, 0) is 11.3 Å². The summed E-state index contributed by atoms with van der Waals surface area (Å²) >= 11 is 13.6. The molecule has 8 heteroatoms. The van der Waals surface area contributed by atoms with Crippen LogP contribution in [0.25, 0.3) is 11.0 Å². The molecular weight excluding hydrogens is 451 g/mol. The van der Waals surface area contributed by atoms with Crippen LogP contribution in [0.3, 0.4) is 0 Å². The van der Waals surface area contributed by atoms with E-state index in [0.29, 0.717) is 16.6 Å². The van der Waals surface area contributed by atoms with Crippen molar-refractivity contribution in [1.82, 2.24) is 15.3 Å². The highest BCUT2D eigenvalue weighted by Crippen LogP contribution is 2.31. The van der Waals surface area contributed by atoms with Crippen LogP contribution >= 0.6 is 35.0 Å². The van der Waals surface area contributed by atoms with Gasteiger partial charge in [0.2, 0.25) is 5.91 Å². The number of thioether (sulfide) groups is 1. The third-order valence-corrected chi connectivity index (χ3v) is 6.98. The standard InChI is InChI=1S/C23H24Cl2N4OS/c1-15-8-10-29(11-9-15)22-23(28-20-5-3-2-4-19(20)27-22)31-14-21(30)26-13-16-6-7-17(24)12-18(16)25/h2-7,12,15H,8-11,13-14H2,1H3,(H,26,30). The number of piperidine rings is 1. The van der Waals surface area contributed by atoms with Gasteiger partial charge in [-0.15, -0.1) is 0 Å². The van der Waals surface area contributed by atoms with Crippen molar-refractivity contribution >= 4 is 57.7 Å². The molecule has 3 aromatic rings. The van der Waals surface area contributed by atoms with Crippen molar-refractivity contribution in [2.24, 2.45) is 5.92 Å². The van der Waals surface area contributed by atoms with Gasteiger partial charge in [-0.3, -0.25) is 4.79 Å². The van der Waals surface area contributed by atoms with Gasteiger partial charge in [-0.05, 0) is 48.6 Å². The van der Waals surface area contributed by atoms with Crippen LogP contribution in [0.15, 0.2) is 47.5 Å². The number of halogens is 2. The Hall–Kier alpha value is -2.02. The van der Waals surface area contributed by atoms with E-state index in [0.717, 1.165) is 59.3 Å². The van der Waals surface area contributed by atoms with E-state index in [1.807, 2.05) is 30.3 Å². The molecule has 1 N–H and O–H groups in total. The van der Waals surface area contributed by atoms with Crippen molar-refractivity contribution in [3.8, 4) is 0 Å². The molecule has 0 saturated carbocycles. The molecule has 2 heterocycles. The van der Waals surface area contributed by atoms with Gasteiger partial charge in [0.25, 0.3) is 0 Å². The molecule has 31 heavy (non-hydrogen) atoms. The number of nitrogens with zero attached hydrogens (tertiary/aromatic N) is 3. The van der Waals surface area contributed by atoms with Crippen molar-refractivity contribution in [1.29, 1.82) is 0 Å². The Morgan fingerprint density at radius 3 is 2.55 bits per heavy atom. The van der Waals surface area contributed by atoms with Crippen LogP contribution in [0.2, 0.25) is 10.0 Å². The predicted octanol–water partition coefficient (Wildman–Crippen LogP) is 5.58. The zero-order valence-corrected chi connectivity index (χ0v) is 19.6. The van der Waals surface area contributed by atoms with Crippen molar-refractivity contribution in [2.75, 3.05) is 23.7 Å². The first-order valence-electron chi connectivity index (χ1n) is 10.3. The minimum atomic E-state index is -0.0795. The number of carbonyl (C=O) groups is 1. The average molecular weight is 475 g/mol. The summed E-state index contributed by atoms with van der Waals surface area (Å²) in [5.74, 6) is 1.79. The first kappa shape index (κ1) is 22.2. The van der Waals surface area contributed by atoms with Crippen LogP contribution in [0.5, 0.6) is 0 Å². The smallest absolute Gasteiger partial charge is 0.230 e. The summed E-state index contributed by atoms with van der Waals surface area (Å²) < 4.78 is 0. The Morgan fingerprint density at radius 2 is 1.84 bits per heavy atom. The zero-order chi connectivity index (χ0) is 21.8. The minimum absolute atomic E-state index is 0.0795. The molecule has 0 bridgehead atoms. The van der Waals surface area contributed by atoms with Gasteiger partial charge in [0.1, 0.15) is 5.03 Å². The minimum Gasteiger partial charge on any atom is -0.354 e. The molecule has 0 atom stereocenters. The lowest BCUT2D eigenvalue weighted by atomic mass is 9.99. The van der Waals surface area contributed by atoms with Gasteiger partial charge >= 0.3 is 0 Å². The van der Waals surface area contributed by atoms with Crippen LogP contribution in [0, 0.1) is 5.92 Å². The third-order valence-electron chi connectivity index (χ3n) is 5.44. The van der Waals surface area contributed by atoms with Crippen LogP contribution in [0.4, 0.5) is 5.82 Å². The number of fused-ring (bicyclic) bond motifs is 1. The highest BCUT2D eigenvalue weighted by atomic mass is 35.5. The summed E-state index contributed by atoms with van der Waals surface area (Å²) in [5, 5.41) is 4.84. The van der Waals surface area contributed by atoms with Crippen molar-refractivity contribution in [3.05, 3.63) is 58.1 Å². The number of amides is 1. The number of aromatic nitrogens is 2. The van der Waals surface area contributed by atoms with Crippen LogP contribution in [0.1, 0.15) is 25.3 Å². The van der Waals surface area contributed by atoms with Gasteiger partial charge in [-0.1, -0.05) is 60.1 Å². The van der Waals surface area contributed by atoms with E-state index in [4.69, 9.17) is 33.2 Å². The Kier molecular flexibility index (Phi) is 7.20. The topological polar surface area (TPSA) is 58.1 Å². The average Bonchev–Trinajstić information content (AvgIpc) is 2.77.